The third-order valence-corrected chi connectivity index (χ3v) is 5.23. The number of benzene rings is 1. The van der Waals surface area contributed by atoms with Gasteiger partial charge in [0.2, 0.25) is 5.91 Å². The molecule has 0 aliphatic carbocycles. The number of thiophene rings is 1. The highest BCUT2D eigenvalue weighted by Crippen LogP contribution is 2.16. The van der Waals surface area contributed by atoms with Gasteiger partial charge in [-0.05, 0) is 42.1 Å². The van der Waals surface area contributed by atoms with Crippen molar-refractivity contribution in [1.82, 2.24) is 9.80 Å². The van der Waals surface area contributed by atoms with Crippen molar-refractivity contribution in [2.24, 2.45) is 0 Å². The lowest BCUT2D eigenvalue weighted by Crippen LogP contribution is -2.36. The number of carbonyl (C=O) groups excluding carboxylic acids is 3. The Labute approximate surface area is 156 Å². The molecule has 136 valence electrons. The fourth-order valence-corrected chi connectivity index (χ4v) is 3.53. The Kier molecular flexibility index (Phi) is 5.68. The van der Waals surface area contributed by atoms with Gasteiger partial charge in [-0.2, -0.15) is 0 Å². The number of carbonyl (C=O) groups is 3. The zero-order valence-corrected chi connectivity index (χ0v) is 15.4. The van der Waals surface area contributed by atoms with Crippen molar-refractivity contribution in [3.8, 4) is 0 Å². The maximum atomic E-state index is 12.7. The molecule has 3 amide bonds. The van der Waals surface area contributed by atoms with Gasteiger partial charge >= 0.3 is 0 Å². The van der Waals surface area contributed by atoms with E-state index in [0.717, 1.165) is 6.42 Å². The molecule has 0 bridgehead atoms. The highest BCUT2D eigenvalue weighted by molar-refractivity contribution is 7.12. The number of nitrogens with one attached hydrogen (secondary N) is 1. The highest BCUT2D eigenvalue weighted by Gasteiger charge is 2.21. The second kappa shape index (κ2) is 8.14. The van der Waals surface area contributed by atoms with Crippen LogP contribution in [0, 0.1) is 0 Å². The molecule has 1 aliphatic rings. The monoisotopic (exact) mass is 371 g/mol. The summed E-state index contributed by atoms with van der Waals surface area (Å²) in [5.74, 6) is -0.160. The Morgan fingerprint density at radius 3 is 2.31 bits per heavy atom. The molecule has 1 N–H and O–H groups in total. The fourth-order valence-electron chi connectivity index (χ4n) is 2.91. The quantitative estimate of drug-likeness (QED) is 0.902. The minimum atomic E-state index is -0.157. The lowest BCUT2D eigenvalue weighted by Gasteiger charge is -2.21. The Bertz CT molecular complexity index is 787. The van der Waals surface area contributed by atoms with Gasteiger partial charge in [-0.1, -0.05) is 6.07 Å². The molecule has 3 rings (SSSR count). The van der Waals surface area contributed by atoms with E-state index in [2.05, 4.69) is 5.32 Å². The van der Waals surface area contributed by atoms with Crippen molar-refractivity contribution in [1.29, 1.82) is 0 Å². The van der Waals surface area contributed by atoms with E-state index < -0.39 is 0 Å². The van der Waals surface area contributed by atoms with Gasteiger partial charge in [0.05, 0.1) is 4.88 Å². The lowest BCUT2D eigenvalue weighted by atomic mass is 10.1. The van der Waals surface area contributed by atoms with Crippen molar-refractivity contribution < 1.29 is 14.4 Å². The predicted octanol–water partition coefficient (Wildman–Crippen LogP) is 2.69. The van der Waals surface area contributed by atoms with Gasteiger partial charge in [0.25, 0.3) is 11.8 Å². The number of anilines is 1. The van der Waals surface area contributed by atoms with Crippen molar-refractivity contribution >= 4 is 34.7 Å². The molecular formula is C19H21N3O3S. The molecule has 1 aromatic heterocycles. The predicted molar refractivity (Wildman–Crippen MR) is 101 cm³/mol. The number of amides is 3. The van der Waals surface area contributed by atoms with E-state index in [1.807, 2.05) is 11.4 Å². The summed E-state index contributed by atoms with van der Waals surface area (Å²) >= 11 is 1.38. The second-order valence-electron chi connectivity index (χ2n) is 6.16. The summed E-state index contributed by atoms with van der Waals surface area (Å²) in [6.45, 7) is 3.98. The Morgan fingerprint density at radius 2 is 1.65 bits per heavy atom. The molecule has 0 spiro atoms. The van der Waals surface area contributed by atoms with Crippen molar-refractivity contribution in [2.75, 3.05) is 31.5 Å². The maximum absolute atomic E-state index is 12.7. The minimum absolute atomic E-state index is 0.0464. The van der Waals surface area contributed by atoms with Crippen LogP contribution < -0.4 is 5.32 Å². The van der Waals surface area contributed by atoms with E-state index in [4.69, 9.17) is 0 Å². The summed E-state index contributed by atoms with van der Waals surface area (Å²) in [7, 11) is 0. The first kappa shape index (κ1) is 18.1. The molecule has 0 radical (unpaired) electrons. The third kappa shape index (κ3) is 4.29. The van der Waals surface area contributed by atoms with Gasteiger partial charge in [-0.15, -0.1) is 11.3 Å². The van der Waals surface area contributed by atoms with Crippen LogP contribution in [-0.4, -0.2) is 53.7 Å². The smallest absolute Gasteiger partial charge is 0.265 e. The molecule has 6 nitrogen and oxygen atoms in total. The molecule has 7 heteroatoms. The molecule has 1 fully saturated rings. The molecule has 2 aromatic rings. The normalized spacial score (nSPS) is 14.7. The van der Waals surface area contributed by atoms with E-state index >= 15 is 0 Å². The molecule has 1 aliphatic heterocycles. The van der Waals surface area contributed by atoms with E-state index in [9.17, 15) is 14.4 Å². The van der Waals surface area contributed by atoms with Gasteiger partial charge in [-0.25, -0.2) is 0 Å². The Balaban J connectivity index is 1.61. The van der Waals surface area contributed by atoms with Crippen LogP contribution in [0.5, 0.6) is 0 Å². The zero-order valence-electron chi connectivity index (χ0n) is 14.6. The van der Waals surface area contributed by atoms with Crippen LogP contribution in [0.2, 0.25) is 0 Å². The fraction of sp³-hybridized carbons (Fsp3) is 0.316. The third-order valence-electron chi connectivity index (χ3n) is 4.36. The molecule has 26 heavy (non-hydrogen) atoms. The summed E-state index contributed by atoms with van der Waals surface area (Å²) in [5, 5.41) is 4.67. The number of rotatable bonds is 3. The first-order chi connectivity index (χ1) is 12.5. The molecule has 2 heterocycles. The average molecular weight is 371 g/mol. The second-order valence-corrected chi connectivity index (χ2v) is 7.11. The average Bonchev–Trinajstić information content (AvgIpc) is 3.06. The summed E-state index contributed by atoms with van der Waals surface area (Å²) in [5.41, 5.74) is 1.23. The number of hydrogen-bond acceptors (Lipinski definition) is 4. The van der Waals surface area contributed by atoms with Gasteiger partial charge in [0.1, 0.15) is 0 Å². The topological polar surface area (TPSA) is 69.7 Å². The van der Waals surface area contributed by atoms with Crippen LogP contribution in [0.15, 0.2) is 41.8 Å². The van der Waals surface area contributed by atoms with Crippen LogP contribution in [-0.2, 0) is 4.79 Å². The first-order valence-corrected chi connectivity index (χ1v) is 9.42. The van der Waals surface area contributed by atoms with Crippen molar-refractivity contribution in [3.05, 3.63) is 52.2 Å². The standard InChI is InChI=1S/C19H21N3O3S/c1-14(23)21-9-3-10-22(12-11-21)19(25)15-5-7-16(8-6-15)20-18(24)17-4-2-13-26-17/h2,4-8,13H,3,9-12H2,1H3,(H,20,24). The Hall–Kier alpha value is -2.67. The summed E-state index contributed by atoms with van der Waals surface area (Å²) in [6.07, 6.45) is 0.778. The number of nitrogens with zero attached hydrogens (tertiary/aromatic N) is 2. The largest absolute Gasteiger partial charge is 0.341 e. The molecule has 0 unspecified atom stereocenters. The maximum Gasteiger partial charge on any atom is 0.265 e. The minimum Gasteiger partial charge on any atom is -0.341 e. The Morgan fingerprint density at radius 1 is 0.962 bits per heavy atom. The van der Waals surface area contributed by atoms with Crippen LogP contribution >= 0.6 is 11.3 Å². The van der Waals surface area contributed by atoms with Crippen LogP contribution in [0.1, 0.15) is 33.4 Å². The van der Waals surface area contributed by atoms with Crippen LogP contribution in [0.3, 0.4) is 0 Å². The van der Waals surface area contributed by atoms with Crippen LogP contribution in [0.25, 0.3) is 0 Å². The van der Waals surface area contributed by atoms with Crippen LogP contribution in [0.4, 0.5) is 5.69 Å². The van der Waals surface area contributed by atoms with E-state index in [0.29, 0.717) is 42.3 Å². The van der Waals surface area contributed by atoms with Crippen molar-refractivity contribution in [3.63, 3.8) is 0 Å². The summed E-state index contributed by atoms with van der Waals surface area (Å²) in [6, 6.07) is 10.5. The molecule has 0 atom stereocenters. The van der Waals surface area contributed by atoms with E-state index in [1.165, 1.54) is 11.3 Å². The van der Waals surface area contributed by atoms with Crippen molar-refractivity contribution in [2.45, 2.75) is 13.3 Å². The van der Waals surface area contributed by atoms with Gasteiger partial charge in [-0.3, -0.25) is 14.4 Å². The van der Waals surface area contributed by atoms with E-state index in [-0.39, 0.29) is 17.7 Å². The molecular weight excluding hydrogens is 350 g/mol. The highest BCUT2D eigenvalue weighted by atomic mass is 32.1. The lowest BCUT2D eigenvalue weighted by molar-refractivity contribution is -0.128. The molecule has 1 saturated heterocycles. The first-order valence-electron chi connectivity index (χ1n) is 8.54. The van der Waals surface area contributed by atoms with Gasteiger partial charge < -0.3 is 15.1 Å². The molecule has 0 saturated carbocycles. The van der Waals surface area contributed by atoms with Gasteiger partial charge in [0, 0.05) is 44.4 Å². The summed E-state index contributed by atoms with van der Waals surface area (Å²) in [4.78, 5) is 40.4. The SMILES string of the molecule is CC(=O)N1CCCN(C(=O)c2ccc(NC(=O)c3cccs3)cc2)CC1. The zero-order chi connectivity index (χ0) is 18.5. The summed E-state index contributed by atoms with van der Waals surface area (Å²) < 4.78 is 0. The number of hydrogen-bond donors (Lipinski definition) is 1. The molecule has 1 aromatic carbocycles. The van der Waals surface area contributed by atoms with Gasteiger partial charge in [0.15, 0.2) is 0 Å². The van der Waals surface area contributed by atoms with E-state index in [1.54, 1.807) is 47.1 Å².